The van der Waals surface area contributed by atoms with Crippen LogP contribution < -0.4 is 10.1 Å². The molecule has 1 aliphatic rings. The van der Waals surface area contributed by atoms with Crippen molar-refractivity contribution in [2.75, 3.05) is 6.54 Å². The topological polar surface area (TPSA) is 21.3 Å². The molecule has 0 saturated heterocycles. The Bertz CT molecular complexity index is 406. The molecule has 112 valence electrons. The van der Waals surface area contributed by atoms with E-state index in [0.717, 1.165) is 29.7 Å². The van der Waals surface area contributed by atoms with Gasteiger partial charge in [0.05, 0.1) is 0 Å². The van der Waals surface area contributed by atoms with Crippen molar-refractivity contribution < 1.29 is 4.74 Å². The fourth-order valence-corrected chi connectivity index (χ4v) is 2.88. The molecule has 0 radical (unpaired) electrons. The third-order valence-electron chi connectivity index (χ3n) is 4.15. The monoisotopic (exact) mass is 295 g/mol. The highest BCUT2D eigenvalue weighted by Gasteiger charge is 2.26. The summed E-state index contributed by atoms with van der Waals surface area (Å²) in [5.74, 6) is 1.75. The molecule has 0 spiro atoms. The predicted molar refractivity (Wildman–Crippen MR) is 85.6 cm³/mol. The van der Waals surface area contributed by atoms with E-state index in [9.17, 15) is 0 Å². The van der Waals surface area contributed by atoms with E-state index in [2.05, 4.69) is 19.2 Å². The van der Waals surface area contributed by atoms with Crippen LogP contribution in [0.15, 0.2) is 24.3 Å². The zero-order valence-corrected chi connectivity index (χ0v) is 13.3. The van der Waals surface area contributed by atoms with Gasteiger partial charge < -0.3 is 10.1 Å². The van der Waals surface area contributed by atoms with Gasteiger partial charge in [0.25, 0.3) is 0 Å². The Labute approximate surface area is 127 Å². The average Bonchev–Trinajstić information content (AvgIpc) is 2.36. The highest BCUT2D eigenvalue weighted by atomic mass is 35.5. The van der Waals surface area contributed by atoms with Crippen LogP contribution in [0.2, 0.25) is 5.02 Å². The highest BCUT2D eigenvalue weighted by molar-refractivity contribution is 6.30. The first-order chi connectivity index (χ1) is 9.69. The van der Waals surface area contributed by atoms with Gasteiger partial charge in [-0.1, -0.05) is 43.9 Å². The molecule has 1 aromatic carbocycles. The summed E-state index contributed by atoms with van der Waals surface area (Å²) >= 11 is 6.01. The molecular formula is C17H26ClNO. The second-order valence-corrected chi connectivity index (χ2v) is 6.31. The quantitative estimate of drug-likeness (QED) is 0.753. The Morgan fingerprint density at radius 2 is 2.20 bits per heavy atom. The zero-order valence-electron chi connectivity index (χ0n) is 12.6. The summed E-state index contributed by atoms with van der Waals surface area (Å²) in [4.78, 5) is 0. The smallest absolute Gasteiger partial charge is 0.121 e. The number of hydrogen-bond acceptors (Lipinski definition) is 2. The van der Waals surface area contributed by atoms with Gasteiger partial charge in [0.1, 0.15) is 11.9 Å². The molecule has 2 rings (SSSR count). The summed E-state index contributed by atoms with van der Waals surface area (Å²) in [6, 6.07) is 8.10. The summed E-state index contributed by atoms with van der Waals surface area (Å²) in [6.45, 7) is 5.42. The largest absolute Gasteiger partial charge is 0.489 e. The van der Waals surface area contributed by atoms with Crippen LogP contribution >= 0.6 is 11.6 Å². The summed E-state index contributed by atoms with van der Waals surface area (Å²) in [5, 5.41) is 4.37. The van der Waals surface area contributed by atoms with Crippen LogP contribution in [0, 0.1) is 5.92 Å². The minimum atomic E-state index is 0.167. The maximum atomic E-state index is 6.08. The molecule has 1 aliphatic carbocycles. The zero-order chi connectivity index (χ0) is 14.4. The first-order valence-electron chi connectivity index (χ1n) is 7.84. The molecule has 3 heteroatoms. The second kappa shape index (κ2) is 7.90. The lowest BCUT2D eigenvalue weighted by atomic mass is 9.80. The Balaban J connectivity index is 1.91. The molecular weight excluding hydrogens is 270 g/mol. The number of ether oxygens (including phenoxy) is 1. The van der Waals surface area contributed by atoms with Gasteiger partial charge in [-0.05, 0) is 50.4 Å². The molecule has 1 fully saturated rings. The third-order valence-corrected chi connectivity index (χ3v) is 4.39. The summed E-state index contributed by atoms with van der Waals surface area (Å²) in [5.41, 5.74) is 0. The van der Waals surface area contributed by atoms with Crippen molar-refractivity contribution in [3.63, 3.8) is 0 Å². The van der Waals surface area contributed by atoms with E-state index >= 15 is 0 Å². The summed E-state index contributed by atoms with van der Waals surface area (Å²) < 4.78 is 6.08. The summed E-state index contributed by atoms with van der Waals surface area (Å²) in [7, 11) is 0. The van der Waals surface area contributed by atoms with E-state index in [1.165, 1.54) is 25.7 Å². The van der Waals surface area contributed by atoms with E-state index < -0.39 is 0 Å². The van der Waals surface area contributed by atoms with Crippen LogP contribution in [0.3, 0.4) is 0 Å². The van der Waals surface area contributed by atoms with Crippen LogP contribution in [0.5, 0.6) is 5.75 Å². The molecule has 0 amide bonds. The van der Waals surface area contributed by atoms with Crippen LogP contribution in [-0.4, -0.2) is 18.7 Å². The van der Waals surface area contributed by atoms with Gasteiger partial charge in [0.15, 0.2) is 0 Å². The normalized spacial score (nSPS) is 18.4. The van der Waals surface area contributed by atoms with E-state index in [1.54, 1.807) is 0 Å². The number of hydrogen-bond donors (Lipinski definition) is 1. The van der Waals surface area contributed by atoms with Crippen LogP contribution in [0.25, 0.3) is 0 Å². The molecule has 20 heavy (non-hydrogen) atoms. The van der Waals surface area contributed by atoms with Gasteiger partial charge in [0, 0.05) is 11.1 Å². The minimum absolute atomic E-state index is 0.167. The van der Waals surface area contributed by atoms with Crippen molar-refractivity contribution in [1.29, 1.82) is 0 Å². The molecule has 1 aromatic rings. The number of benzene rings is 1. The first kappa shape index (κ1) is 15.7. The Hall–Kier alpha value is -0.730. The van der Waals surface area contributed by atoms with Crippen molar-refractivity contribution in [3.05, 3.63) is 29.3 Å². The molecule has 2 nitrogen and oxygen atoms in total. The number of nitrogens with one attached hydrogen (secondary N) is 1. The third kappa shape index (κ3) is 4.68. The van der Waals surface area contributed by atoms with Crippen molar-refractivity contribution in [3.8, 4) is 5.75 Å². The van der Waals surface area contributed by atoms with Crippen molar-refractivity contribution in [2.24, 2.45) is 5.92 Å². The number of halogens is 1. The van der Waals surface area contributed by atoms with Crippen LogP contribution in [0.1, 0.15) is 46.0 Å². The van der Waals surface area contributed by atoms with Gasteiger partial charge >= 0.3 is 0 Å². The maximum Gasteiger partial charge on any atom is 0.121 e. The van der Waals surface area contributed by atoms with Gasteiger partial charge in [-0.3, -0.25) is 0 Å². The lowest BCUT2D eigenvalue weighted by Crippen LogP contribution is -2.43. The van der Waals surface area contributed by atoms with Crippen molar-refractivity contribution >= 4 is 11.6 Å². The molecule has 1 saturated carbocycles. The fourth-order valence-electron chi connectivity index (χ4n) is 2.70. The Kier molecular flexibility index (Phi) is 6.18. The standard InChI is InChI=1S/C17H26ClNO/c1-3-10-19-17(11-14-6-4-7-14)13(2)20-16-9-5-8-15(18)12-16/h5,8-9,12-14,17,19H,3-4,6-7,10-11H2,1-2H3. The SMILES string of the molecule is CCCNC(CC1CCC1)C(C)Oc1cccc(Cl)c1. The van der Waals surface area contributed by atoms with E-state index in [4.69, 9.17) is 16.3 Å². The Morgan fingerprint density at radius 1 is 1.40 bits per heavy atom. The lowest BCUT2D eigenvalue weighted by Gasteiger charge is -2.33. The van der Waals surface area contributed by atoms with Crippen molar-refractivity contribution in [2.45, 2.75) is 58.1 Å². The molecule has 2 unspecified atom stereocenters. The first-order valence-corrected chi connectivity index (χ1v) is 8.22. The van der Waals surface area contributed by atoms with E-state index in [1.807, 2.05) is 24.3 Å². The molecule has 1 N–H and O–H groups in total. The maximum absolute atomic E-state index is 6.08. The van der Waals surface area contributed by atoms with Crippen LogP contribution in [-0.2, 0) is 0 Å². The van der Waals surface area contributed by atoms with Gasteiger partial charge in [-0.15, -0.1) is 0 Å². The number of rotatable bonds is 8. The average molecular weight is 296 g/mol. The van der Waals surface area contributed by atoms with E-state index in [-0.39, 0.29) is 6.10 Å². The summed E-state index contributed by atoms with van der Waals surface area (Å²) in [6.07, 6.45) is 6.71. The highest BCUT2D eigenvalue weighted by Crippen LogP contribution is 2.31. The molecule has 0 heterocycles. The molecule has 2 atom stereocenters. The Morgan fingerprint density at radius 3 is 2.80 bits per heavy atom. The fraction of sp³-hybridized carbons (Fsp3) is 0.647. The van der Waals surface area contributed by atoms with Crippen LogP contribution in [0.4, 0.5) is 0 Å². The molecule has 0 aromatic heterocycles. The van der Waals surface area contributed by atoms with Gasteiger partial charge in [-0.25, -0.2) is 0 Å². The molecule has 0 aliphatic heterocycles. The van der Waals surface area contributed by atoms with E-state index in [0.29, 0.717) is 6.04 Å². The van der Waals surface area contributed by atoms with Gasteiger partial charge in [0.2, 0.25) is 0 Å². The second-order valence-electron chi connectivity index (χ2n) is 5.87. The molecule has 0 bridgehead atoms. The minimum Gasteiger partial charge on any atom is -0.489 e. The van der Waals surface area contributed by atoms with Gasteiger partial charge in [-0.2, -0.15) is 0 Å². The lowest BCUT2D eigenvalue weighted by molar-refractivity contribution is 0.137. The van der Waals surface area contributed by atoms with Crippen molar-refractivity contribution in [1.82, 2.24) is 5.32 Å². The predicted octanol–water partition coefficient (Wildman–Crippen LogP) is 4.67.